The Kier molecular flexibility index (Phi) is 2.96. The van der Waals surface area contributed by atoms with Crippen molar-refractivity contribution in [1.82, 2.24) is 9.55 Å². The third kappa shape index (κ3) is 1.88. The lowest BCUT2D eigenvalue weighted by molar-refractivity contribution is 0.415. The number of aromatic nitrogens is 2. The molecule has 2 heterocycles. The smallest absolute Gasteiger partial charge is 0.162 e. The first-order valence-corrected chi connectivity index (χ1v) is 6.48. The fraction of sp³-hybridized carbons (Fsp3) is 0.333. The van der Waals surface area contributed by atoms with Gasteiger partial charge in [-0.2, -0.15) is 5.26 Å². The van der Waals surface area contributed by atoms with E-state index < -0.39 is 0 Å². The highest BCUT2D eigenvalue weighted by atomic mass is 16.5. The van der Waals surface area contributed by atoms with E-state index in [1.807, 2.05) is 24.3 Å². The summed E-state index contributed by atoms with van der Waals surface area (Å²) in [5, 5.41) is 9.22. The van der Waals surface area contributed by atoms with Gasteiger partial charge in [0.2, 0.25) is 0 Å². The van der Waals surface area contributed by atoms with Crippen molar-refractivity contribution in [3.8, 4) is 23.2 Å². The van der Waals surface area contributed by atoms with Crippen LogP contribution in [-0.2, 0) is 13.0 Å². The summed E-state index contributed by atoms with van der Waals surface area (Å²) in [5.41, 5.74) is 2.57. The van der Waals surface area contributed by atoms with Gasteiger partial charge in [-0.1, -0.05) is 12.1 Å². The van der Waals surface area contributed by atoms with E-state index >= 15 is 0 Å². The molecule has 0 saturated carbocycles. The minimum absolute atomic E-state index is 0.556. The van der Waals surface area contributed by atoms with Crippen LogP contribution in [0.15, 0.2) is 24.3 Å². The molecule has 0 radical (unpaired) electrons. The Hall–Kier alpha value is -2.28. The normalized spacial score (nSPS) is 13.7. The van der Waals surface area contributed by atoms with Crippen molar-refractivity contribution in [3.05, 3.63) is 35.7 Å². The number of nitriles is 1. The van der Waals surface area contributed by atoms with Gasteiger partial charge in [0.1, 0.15) is 17.6 Å². The van der Waals surface area contributed by atoms with Crippen LogP contribution in [0, 0.1) is 11.3 Å². The number of nitrogens with zero attached hydrogens (tertiary/aromatic N) is 3. The van der Waals surface area contributed by atoms with Gasteiger partial charge >= 0.3 is 0 Å². The summed E-state index contributed by atoms with van der Waals surface area (Å²) >= 11 is 0. The van der Waals surface area contributed by atoms with Crippen LogP contribution in [0.1, 0.15) is 24.2 Å². The lowest BCUT2D eigenvalue weighted by Gasteiger charge is -2.17. The number of benzene rings is 1. The predicted molar refractivity (Wildman–Crippen MR) is 71.9 cm³/mol. The molecule has 0 unspecified atom stereocenters. The zero-order valence-electron chi connectivity index (χ0n) is 10.9. The van der Waals surface area contributed by atoms with Gasteiger partial charge in [0, 0.05) is 6.54 Å². The second-order valence-corrected chi connectivity index (χ2v) is 4.65. The summed E-state index contributed by atoms with van der Waals surface area (Å²) in [4.78, 5) is 4.51. The first kappa shape index (κ1) is 11.8. The van der Waals surface area contributed by atoms with Crippen molar-refractivity contribution in [3.63, 3.8) is 0 Å². The van der Waals surface area contributed by atoms with E-state index in [9.17, 15) is 5.26 Å². The lowest BCUT2D eigenvalue weighted by Crippen LogP contribution is -2.11. The van der Waals surface area contributed by atoms with E-state index in [0.717, 1.165) is 48.6 Å². The molecule has 1 aliphatic heterocycles. The van der Waals surface area contributed by atoms with Gasteiger partial charge in [0.05, 0.1) is 18.4 Å². The van der Waals surface area contributed by atoms with Crippen molar-refractivity contribution in [2.45, 2.75) is 25.8 Å². The van der Waals surface area contributed by atoms with Gasteiger partial charge in [0.25, 0.3) is 0 Å². The number of hydrogen-bond donors (Lipinski definition) is 0. The maximum Gasteiger partial charge on any atom is 0.162 e. The third-order valence-electron chi connectivity index (χ3n) is 3.57. The highest BCUT2D eigenvalue weighted by Crippen LogP contribution is 2.32. The van der Waals surface area contributed by atoms with Crippen molar-refractivity contribution in [1.29, 1.82) is 5.26 Å². The summed E-state index contributed by atoms with van der Waals surface area (Å²) in [6.07, 6.45) is 3.20. The van der Waals surface area contributed by atoms with Crippen molar-refractivity contribution in [2.24, 2.45) is 0 Å². The summed E-state index contributed by atoms with van der Waals surface area (Å²) in [7, 11) is 1.66. The van der Waals surface area contributed by atoms with Crippen LogP contribution in [0.3, 0.4) is 0 Å². The lowest BCUT2D eigenvalue weighted by atomic mass is 10.1. The number of imidazole rings is 1. The van der Waals surface area contributed by atoms with Crippen LogP contribution in [0.25, 0.3) is 11.4 Å². The molecule has 0 saturated heterocycles. The summed E-state index contributed by atoms with van der Waals surface area (Å²) in [6.45, 7) is 0.928. The first-order chi connectivity index (χ1) is 9.35. The van der Waals surface area contributed by atoms with Gasteiger partial charge in [-0.3, -0.25) is 0 Å². The van der Waals surface area contributed by atoms with E-state index in [-0.39, 0.29) is 0 Å². The molecule has 3 rings (SSSR count). The molecule has 0 spiro atoms. The van der Waals surface area contributed by atoms with Crippen molar-refractivity contribution < 1.29 is 4.74 Å². The molecule has 96 valence electrons. The minimum Gasteiger partial charge on any atom is -0.496 e. The molecule has 4 heteroatoms. The number of hydrogen-bond acceptors (Lipinski definition) is 3. The highest BCUT2D eigenvalue weighted by molar-refractivity contribution is 5.66. The van der Waals surface area contributed by atoms with Gasteiger partial charge in [0.15, 0.2) is 5.69 Å². The van der Waals surface area contributed by atoms with E-state index in [4.69, 9.17) is 4.74 Å². The van der Waals surface area contributed by atoms with E-state index in [2.05, 4.69) is 15.6 Å². The Labute approximate surface area is 112 Å². The highest BCUT2D eigenvalue weighted by Gasteiger charge is 2.22. The molecule has 1 aromatic heterocycles. The topological polar surface area (TPSA) is 50.8 Å². The van der Waals surface area contributed by atoms with Crippen LogP contribution in [0.2, 0.25) is 0 Å². The molecule has 2 aromatic rings. The maximum atomic E-state index is 9.22. The van der Waals surface area contributed by atoms with Crippen LogP contribution in [0.4, 0.5) is 0 Å². The SMILES string of the molecule is COc1ccccc1-c1nc(C#N)c2n1CCCC2. The van der Waals surface area contributed by atoms with Gasteiger partial charge in [-0.15, -0.1) is 0 Å². The number of rotatable bonds is 2. The molecule has 1 aromatic carbocycles. The number of ether oxygens (including phenoxy) is 1. The average molecular weight is 253 g/mol. The van der Waals surface area contributed by atoms with E-state index in [1.165, 1.54) is 0 Å². The average Bonchev–Trinajstić information content (AvgIpc) is 2.86. The zero-order valence-corrected chi connectivity index (χ0v) is 10.9. The monoisotopic (exact) mass is 253 g/mol. The van der Waals surface area contributed by atoms with Gasteiger partial charge in [-0.05, 0) is 31.4 Å². The Morgan fingerprint density at radius 2 is 2.16 bits per heavy atom. The quantitative estimate of drug-likeness (QED) is 0.827. The maximum absolute atomic E-state index is 9.22. The van der Waals surface area contributed by atoms with Crippen LogP contribution in [0.5, 0.6) is 5.75 Å². The van der Waals surface area contributed by atoms with E-state index in [1.54, 1.807) is 7.11 Å². The third-order valence-corrected chi connectivity index (χ3v) is 3.57. The molecule has 1 aliphatic rings. The minimum atomic E-state index is 0.556. The molecule has 4 nitrogen and oxygen atoms in total. The Balaban J connectivity index is 2.21. The Morgan fingerprint density at radius 3 is 2.95 bits per heavy atom. The predicted octanol–water partition coefficient (Wildman–Crippen LogP) is 2.77. The summed E-state index contributed by atoms with van der Waals surface area (Å²) < 4.78 is 7.56. The summed E-state index contributed by atoms with van der Waals surface area (Å²) in [5.74, 6) is 1.65. The Morgan fingerprint density at radius 1 is 1.32 bits per heavy atom. The number of methoxy groups -OCH3 is 1. The van der Waals surface area contributed by atoms with Crippen molar-refractivity contribution >= 4 is 0 Å². The van der Waals surface area contributed by atoms with Crippen LogP contribution in [-0.4, -0.2) is 16.7 Å². The molecule has 0 atom stereocenters. The molecule has 0 N–H and O–H groups in total. The molecule has 0 aliphatic carbocycles. The Bertz CT molecular complexity index is 652. The first-order valence-electron chi connectivity index (χ1n) is 6.48. The molecule has 19 heavy (non-hydrogen) atoms. The second-order valence-electron chi connectivity index (χ2n) is 4.65. The number of para-hydroxylation sites is 1. The molecule has 0 amide bonds. The van der Waals surface area contributed by atoms with E-state index in [0.29, 0.717) is 5.69 Å². The molecule has 0 fully saturated rings. The van der Waals surface area contributed by atoms with Crippen LogP contribution < -0.4 is 4.74 Å². The largest absolute Gasteiger partial charge is 0.496 e. The van der Waals surface area contributed by atoms with Gasteiger partial charge in [-0.25, -0.2) is 4.98 Å². The molecular formula is C15H15N3O. The molecule has 0 bridgehead atoms. The zero-order chi connectivity index (χ0) is 13.2. The van der Waals surface area contributed by atoms with Crippen LogP contribution >= 0.6 is 0 Å². The second kappa shape index (κ2) is 4.77. The fourth-order valence-corrected chi connectivity index (χ4v) is 2.67. The van der Waals surface area contributed by atoms with Gasteiger partial charge < -0.3 is 9.30 Å². The number of fused-ring (bicyclic) bond motifs is 1. The van der Waals surface area contributed by atoms with Crippen molar-refractivity contribution in [2.75, 3.05) is 7.11 Å². The fourth-order valence-electron chi connectivity index (χ4n) is 2.67. The standard InChI is InChI=1S/C15H15N3O/c1-19-14-8-3-2-6-11(14)15-17-12(10-16)13-7-4-5-9-18(13)15/h2-3,6,8H,4-5,7,9H2,1H3. The summed E-state index contributed by atoms with van der Waals surface area (Å²) in [6, 6.07) is 10.0. The molecular weight excluding hydrogens is 238 g/mol.